The van der Waals surface area contributed by atoms with E-state index in [1.807, 2.05) is 42.6 Å². The summed E-state index contributed by atoms with van der Waals surface area (Å²) in [6.45, 7) is 6.37. The van der Waals surface area contributed by atoms with Crippen LogP contribution in [0.5, 0.6) is 0 Å². The van der Waals surface area contributed by atoms with Crippen LogP contribution < -0.4 is 5.32 Å². The van der Waals surface area contributed by atoms with Gasteiger partial charge in [0.05, 0.1) is 11.8 Å². The summed E-state index contributed by atoms with van der Waals surface area (Å²) in [7, 11) is 3.92. The zero-order valence-corrected chi connectivity index (χ0v) is 20.0. The maximum absolute atomic E-state index is 13.5. The number of anilines is 1. The fourth-order valence-corrected chi connectivity index (χ4v) is 3.93. The van der Waals surface area contributed by atoms with Gasteiger partial charge >= 0.3 is 0 Å². The van der Waals surface area contributed by atoms with Gasteiger partial charge < -0.3 is 5.32 Å². The van der Waals surface area contributed by atoms with Gasteiger partial charge in [-0.25, -0.2) is 4.39 Å². The first kappa shape index (κ1) is 23.9. The van der Waals surface area contributed by atoms with Gasteiger partial charge in [0.15, 0.2) is 11.0 Å². The van der Waals surface area contributed by atoms with Gasteiger partial charge in [0.2, 0.25) is 5.91 Å². The fraction of sp³-hybridized carbons (Fsp3) is 0.375. The van der Waals surface area contributed by atoms with Gasteiger partial charge in [-0.05, 0) is 75.3 Å². The molecule has 0 aliphatic rings. The molecule has 170 valence electrons. The molecule has 1 amide bonds. The van der Waals surface area contributed by atoms with Crippen LogP contribution in [-0.2, 0) is 4.79 Å². The van der Waals surface area contributed by atoms with Crippen LogP contribution in [0.2, 0.25) is 0 Å². The number of hydrogen-bond donors (Lipinski definition) is 1. The number of halogens is 1. The summed E-state index contributed by atoms with van der Waals surface area (Å²) < 4.78 is 15.3. The van der Waals surface area contributed by atoms with E-state index in [1.54, 1.807) is 12.1 Å². The van der Waals surface area contributed by atoms with Gasteiger partial charge in [0, 0.05) is 11.4 Å². The van der Waals surface area contributed by atoms with Crippen molar-refractivity contribution in [1.82, 2.24) is 19.7 Å². The highest BCUT2D eigenvalue weighted by molar-refractivity contribution is 7.99. The van der Waals surface area contributed by atoms with Crippen molar-refractivity contribution in [2.45, 2.75) is 44.3 Å². The number of nitrogens with zero attached hydrogens (tertiary/aromatic N) is 4. The number of nitrogens with one attached hydrogen (secondary N) is 1. The third-order valence-electron chi connectivity index (χ3n) is 5.60. The summed E-state index contributed by atoms with van der Waals surface area (Å²) in [5.74, 6) is 0.971. The van der Waals surface area contributed by atoms with Crippen molar-refractivity contribution in [3.05, 3.63) is 65.7 Å². The Hall–Kier alpha value is -2.71. The first-order valence-electron chi connectivity index (χ1n) is 10.7. The van der Waals surface area contributed by atoms with Crippen molar-refractivity contribution in [2.75, 3.05) is 25.2 Å². The molecule has 2 atom stereocenters. The van der Waals surface area contributed by atoms with E-state index in [0.29, 0.717) is 11.1 Å². The molecule has 3 rings (SSSR count). The number of carbonyl (C=O) groups is 1. The summed E-state index contributed by atoms with van der Waals surface area (Å²) in [6.07, 6.45) is 1.07. The van der Waals surface area contributed by atoms with Gasteiger partial charge in [-0.3, -0.25) is 14.3 Å². The van der Waals surface area contributed by atoms with Crippen LogP contribution in [0.1, 0.15) is 50.5 Å². The maximum atomic E-state index is 13.5. The average Bonchev–Trinajstić information content (AvgIpc) is 3.21. The Labute approximate surface area is 193 Å². The largest absolute Gasteiger partial charge is 0.325 e. The fourth-order valence-electron chi connectivity index (χ4n) is 3.17. The quantitative estimate of drug-likeness (QED) is 0.445. The second-order valence-electron chi connectivity index (χ2n) is 8.06. The molecule has 32 heavy (non-hydrogen) atoms. The van der Waals surface area contributed by atoms with Gasteiger partial charge in [0.25, 0.3) is 0 Å². The van der Waals surface area contributed by atoms with Crippen LogP contribution in [-0.4, -0.2) is 45.4 Å². The van der Waals surface area contributed by atoms with Crippen LogP contribution >= 0.6 is 11.8 Å². The van der Waals surface area contributed by atoms with E-state index in [4.69, 9.17) is 0 Å². The SMILES string of the molecule is CC[C@@H](C)c1ccc(NC(=O)CSc2nnc([C@@H](C)N(C)C)n2-c2ccc(F)cc2)cc1. The van der Waals surface area contributed by atoms with Crippen molar-refractivity contribution < 1.29 is 9.18 Å². The van der Waals surface area contributed by atoms with Crippen molar-refractivity contribution in [1.29, 1.82) is 0 Å². The van der Waals surface area contributed by atoms with Crippen LogP contribution in [0, 0.1) is 5.82 Å². The van der Waals surface area contributed by atoms with Crippen LogP contribution in [0.3, 0.4) is 0 Å². The molecule has 0 spiro atoms. The number of carbonyl (C=O) groups excluding carboxylic acids is 1. The molecule has 1 aromatic heterocycles. The number of aromatic nitrogens is 3. The molecule has 0 unspecified atom stereocenters. The Bertz CT molecular complexity index is 1030. The first-order chi connectivity index (χ1) is 15.3. The number of thioether (sulfide) groups is 1. The summed E-state index contributed by atoms with van der Waals surface area (Å²) >= 11 is 1.30. The molecular formula is C24H30FN5OS. The highest BCUT2D eigenvalue weighted by Crippen LogP contribution is 2.27. The lowest BCUT2D eigenvalue weighted by Crippen LogP contribution is -2.21. The molecule has 0 radical (unpaired) electrons. The van der Waals surface area contributed by atoms with Gasteiger partial charge in [-0.15, -0.1) is 10.2 Å². The lowest BCUT2D eigenvalue weighted by molar-refractivity contribution is -0.113. The molecule has 0 saturated carbocycles. The van der Waals surface area contributed by atoms with E-state index in [-0.39, 0.29) is 23.5 Å². The molecule has 0 aliphatic carbocycles. The normalized spacial score (nSPS) is 13.2. The molecular weight excluding hydrogens is 425 g/mol. The van der Waals surface area contributed by atoms with E-state index in [1.165, 1.54) is 29.5 Å². The molecule has 3 aromatic rings. The van der Waals surface area contributed by atoms with Crippen molar-refractivity contribution >= 4 is 23.4 Å². The number of amides is 1. The summed E-state index contributed by atoms with van der Waals surface area (Å²) in [6, 6.07) is 14.1. The van der Waals surface area contributed by atoms with Gasteiger partial charge in [-0.1, -0.05) is 37.7 Å². The summed E-state index contributed by atoms with van der Waals surface area (Å²) in [5.41, 5.74) is 2.78. The minimum atomic E-state index is -0.308. The van der Waals surface area contributed by atoms with Crippen molar-refractivity contribution in [2.24, 2.45) is 0 Å². The topological polar surface area (TPSA) is 63.1 Å². The highest BCUT2D eigenvalue weighted by Gasteiger charge is 2.21. The molecule has 6 nitrogen and oxygen atoms in total. The van der Waals surface area contributed by atoms with Gasteiger partial charge in [0.1, 0.15) is 5.82 Å². The number of benzene rings is 2. The minimum absolute atomic E-state index is 0.0141. The summed E-state index contributed by atoms with van der Waals surface area (Å²) in [5, 5.41) is 12.2. The third-order valence-corrected chi connectivity index (χ3v) is 6.53. The molecule has 2 aromatic carbocycles. The average molecular weight is 456 g/mol. The summed E-state index contributed by atoms with van der Waals surface area (Å²) in [4.78, 5) is 14.6. The van der Waals surface area contributed by atoms with Crippen molar-refractivity contribution in [3.63, 3.8) is 0 Å². The zero-order valence-electron chi connectivity index (χ0n) is 19.2. The molecule has 1 N–H and O–H groups in total. The predicted octanol–water partition coefficient (Wildman–Crippen LogP) is 5.27. The van der Waals surface area contributed by atoms with E-state index >= 15 is 0 Å². The predicted molar refractivity (Wildman–Crippen MR) is 128 cm³/mol. The monoisotopic (exact) mass is 455 g/mol. The zero-order chi connectivity index (χ0) is 23.3. The lowest BCUT2D eigenvalue weighted by Gasteiger charge is -2.20. The molecule has 1 heterocycles. The van der Waals surface area contributed by atoms with Crippen LogP contribution in [0.25, 0.3) is 5.69 Å². The minimum Gasteiger partial charge on any atom is -0.325 e. The standard InChI is InChI=1S/C24H30FN5OS/c1-6-16(2)18-7-11-20(12-8-18)26-22(31)15-32-24-28-27-23(17(3)29(4)5)30(24)21-13-9-19(25)10-14-21/h7-14,16-17H,6,15H2,1-5H3,(H,26,31)/t16-,17-/m1/s1. The van der Waals surface area contributed by atoms with E-state index in [2.05, 4.69) is 41.5 Å². The van der Waals surface area contributed by atoms with Crippen LogP contribution in [0.15, 0.2) is 53.7 Å². The third kappa shape index (κ3) is 5.75. The molecule has 0 fully saturated rings. The maximum Gasteiger partial charge on any atom is 0.234 e. The molecule has 0 bridgehead atoms. The molecule has 8 heteroatoms. The Morgan fingerprint density at radius 3 is 2.34 bits per heavy atom. The molecule has 0 saturated heterocycles. The highest BCUT2D eigenvalue weighted by atomic mass is 32.2. The van der Waals surface area contributed by atoms with E-state index in [9.17, 15) is 9.18 Å². The van der Waals surface area contributed by atoms with Crippen LogP contribution in [0.4, 0.5) is 10.1 Å². The Morgan fingerprint density at radius 1 is 1.09 bits per heavy atom. The lowest BCUT2D eigenvalue weighted by atomic mass is 9.99. The van der Waals surface area contributed by atoms with E-state index in [0.717, 1.165) is 23.6 Å². The molecule has 0 aliphatic heterocycles. The number of rotatable bonds is 9. The number of hydrogen-bond acceptors (Lipinski definition) is 5. The van der Waals surface area contributed by atoms with Gasteiger partial charge in [-0.2, -0.15) is 0 Å². The Kier molecular flexibility index (Phi) is 8.04. The Morgan fingerprint density at radius 2 is 1.75 bits per heavy atom. The first-order valence-corrected chi connectivity index (χ1v) is 11.7. The van der Waals surface area contributed by atoms with E-state index < -0.39 is 0 Å². The second-order valence-corrected chi connectivity index (χ2v) is 9.00. The smallest absolute Gasteiger partial charge is 0.234 e. The second kappa shape index (κ2) is 10.7. The Balaban J connectivity index is 1.74. The van der Waals surface area contributed by atoms with Crippen molar-refractivity contribution in [3.8, 4) is 5.69 Å².